The summed E-state index contributed by atoms with van der Waals surface area (Å²) in [7, 11) is 3.27. The third kappa shape index (κ3) is 13.8. The Morgan fingerprint density at radius 1 is 0.862 bits per heavy atom. The number of hydrogen-bond donors (Lipinski definition) is 9. The van der Waals surface area contributed by atoms with Crippen LogP contribution in [0.25, 0.3) is 0 Å². The minimum absolute atomic E-state index is 0.0287. The van der Waals surface area contributed by atoms with Gasteiger partial charge in [0.05, 0.1) is 18.3 Å². The molecule has 1 amide bonds. The number of nitrogens with one attached hydrogen (secondary N) is 3. The predicted octanol–water partition coefficient (Wildman–Crippen LogP) is 10.3. The molecule has 5 aliphatic carbocycles. The van der Waals surface area contributed by atoms with E-state index in [0.717, 1.165) is 94.6 Å². The molecule has 2 aromatic carbocycles. The van der Waals surface area contributed by atoms with E-state index in [1.165, 1.54) is 12.5 Å². The van der Waals surface area contributed by atoms with E-state index in [-0.39, 0.29) is 101 Å². The molecule has 9 aliphatic rings. The van der Waals surface area contributed by atoms with Gasteiger partial charge in [0.1, 0.15) is 23.5 Å². The minimum Gasteiger partial charge on any atom is -0.508 e. The van der Waals surface area contributed by atoms with E-state index in [2.05, 4.69) is 40.8 Å². The first kappa shape index (κ1) is 64.8. The van der Waals surface area contributed by atoms with Crippen molar-refractivity contribution in [3.05, 3.63) is 53.1 Å². The molecular formula is C70H101N3O12S2. The van der Waals surface area contributed by atoms with Gasteiger partial charge in [-0.25, -0.2) is 4.79 Å². The van der Waals surface area contributed by atoms with Crippen molar-refractivity contribution in [1.82, 2.24) is 16.0 Å². The Kier molecular flexibility index (Phi) is 20.6. The number of benzene rings is 2. The van der Waals surface area contributed by atoms with Crippen LogP contribution in [0.4, 0.5) is 0 Å². The van der Waals surface area contributed by atoms with Crippen molar-refractivity contribution in [3.63, 3.8) is 0 Å². The standard InChI is InChI=1S/C70H101N3O12S2/c1-44(76)84-59-36-60(85-65(81)70-28-5-4-13-49(70)16-23-61(80)73-70)69(30-32-71-33-31-69)63-46(35-54-55(68(42-75)26-6-7-27-68)40-83-64-58(79)22-20-53(63)62(54)64)11-10-12-47-38-67(3,82)43-87-86-41-56(57(78)21-19-52(47)59)72-39-48-37-66(2,25-8-9-34-74)29-24-51(48)45-14-17-50(77)18-15-45/h14-15,17-18,20,22,46-49,51-52,54-57,59-60,63,71-72,74-75,77-79,82H,4-9,12-13,16,19,21,23-43H2,1-3H3,(H,73,80). The van der Waals surface area contributed by atoms with Crippen LogP contribution < -0.4 is 20.7 Å². The Hall–Kier alpha value is -3.73. The second-order valence-corrected chi connectivity index (χ2v) is 31.8. The van der Waals surface area contributed by atoms with Crippen LogP contribution in [0.3, 0.4) is 0 Å². The van der Waals surface area contributed by atoms with Crippen molar-refractivity contribution >= 4 is 39.4 Å². The molecule has 2 aromatic rings. The summed E-state index contributed by atoms with van der Waals surface area (Å²) in [6.45, 7) is 8.22. The van der Waals surface area contributed by atoms with Gasteiger partial charge in [-0.3, -0.25) is 9.59 Å². The molecular weight excluding hydrogens is 1140 g/mol. The van der Waals surface area contributed by atoms with Gasteiger partial charge in [-0.15, -0.1) is 5.92 Å². The molecule has 9 N–H and O–H groups in total. The largest absolute Gasteiger partial charge is 0.508 e. The van der Waals surface area contributed by atoms with E-state index < -0.39 is 52.7 Å². The molecule has 4 aliphatic heterocycles. The first-order chi connectivity index (χ1) is 41.9. The van der Waals surface area contributed by atoms with Gasteiger partial charge in [0.25, 0.3) is 0 Å². The molecule has 4 heterocycles. The third-order valence-corrected chi connectivity index (χ3v) is 26.3. The topological polar surface area (TPSA) is 236 Å². The number of ether oxygens (including phenoxy) is 3. The number of phenols is 2. The van der Waals surface area contributed by atoms with E-state index in [4.69, 9.17) is 14.2 Å². The van der Waals surface area contributed by atoms with Crippen molar-refractivity contribution in [3.8, 4) is 29.1 Å². The maximum absolute atomic E-state index is 15.9. The van der Waals surface area contributed by atoms with Crippen LogP contribution >= 0.6 is 21.6 Å². The summed E-state index contributed by atoms with van der Waals surface area (Å²) in [6, 6.07) is 11.1. The summed E-state index contributed by atoms with van der Waals surface area (Å²) in [6.07, 6.45) is 14.6. The number of amides is 1. The van der Waals surface area contributed by atoms with Crippen molar-refractivity contribution in [2.75, 3.05) is 51.0 Å². The molecule has 87 heavy (non-hydrogen) atoms. The molecule has 16 atom stereocenters. The molecule has 0 aromatic heterocycles. The van der Waals surface area contributed by atoms with Crippen LogP contribution in [0.1, 0.15) is 209 Å². The Labute approximate surface area is 524 Å². The molecule has 6 fully saturated rings. The number of esters is 2. The number of aromatic hydroxyl groups is 2. The Balaban J connectivity index is 0.994. The van der Waals surface area contributed by atoms with Crippen LogP contribution in [0.5, 0.6) is 17.2 Å². The fourth-order valence-corrected chi connectivity index (χ4v) is 22.0. The maximum atomic E-state index is 15.9. The van der Waals surface area contributed by atoms with Crippen LogP contribution in [0, 0.1) is 63.6 Å². The number of fused-ring (bicyclic) bond motifs is 5. The summed E-state index contributed by atoms with van der Waals surface area (Å²) in [5, 5.41) is 79.5. The molecule has 3 saturated heterocycles. The van der Waals surface area contributed by atoms with Gasteiger partial charge in [0, 0.05) is 97.0 Å². The molecule has 17 heteroatoms. The Bertz CT molecular complexity index is 2780. The monoisotopic (exact) mass is 1240 g/mol. The second-order valence-electron chi connectivity index (χ2n) is 29.3. The Morgan fingerprint density at radius 3 is 2.40 bits per heavy atom. The van der Waals surface area contributed by atoms with E-state index in [1.807, 2.05) is 19.1 Å². The van der Waals surface area contributed by atoms with E-state index >= 15 is 4.79 Å². The van der Waals surface area contributed by atoms with Crippen LogP contribution in [0.15, 0.2) is 36.4 Å². The van der Waals surface area contributed by atoms with Gasteiger partial charge in [0.15, 0.2) is 11.5 Å². The van der Waals surface area contributed by atoms with Gasteiger partial charge >= 0.3 is 11.9 Å². The fraction of sp³-hybridized carbons (Fsp3) is 0.757. The highest BCUT2D eigenvalue weighted by Gasteiger charge is 2.61. The van der Waals surface area contributed by atoms with Gasteiger partial charge in [-0.05, 0) is 194 Å². The number of rotatable bonds is 13. The number of unbranched alkanes of at least 4 members (excludes halogenated alkanes) is 1. The fourth-order valence-electron chi connectivity index (χ4n) is 19.2. The molecule has 3 saturated carbocycles. The normalized spacial score (nSPS) is 37.6. The number of aliphatic hydroxyl groups excluding tert-OH is 3. The number of piperidine rings is 2. The smallest absolute Gasteiger partial charge is 0.332 e. The molecule has 0 radical (unpaired) electrons. The SMILES string of the molecule is CC(=O)OC1CC(OC(=O)C23CCCCC2CCC(=O)N3)C2(CCNCC2)C2c3ccc(O)c4c3C(CC2C#CCC2CC(C)(O)CSSCC(NCC3CC(C)(CCCCO)CCC3c3ccc(O)cc3)C(O)CCC21)C(C1(CO)CCCC1)CO4. The maximum Gasteiger partial charge on any atom is 0.332 e. The lowest BCUT2D eigenvalue weighted by Gasteiger charge is -2.56. The number of phenolic OH excluding ortho intramolecular Hbond substituents is 2. The van der Waals surface area contributed by atoms with Crippen LogP contribution in [0.2, 0.25) is 0 Å². The average Bonchev–Trinajstić information content (AvgIpc) is 1.35. The van der Waals surface area contributed by atoms with E-state index in [1.54, 1.807) is 39.8 Å². The highest BCUT2D eigenvalue weighted by molar-refractivity contribution is 8.76. The summed E-state index contributed by atoms with van der Waals surface area (Å²) in [5.74, 6) is 7.42. The second kappa shape index (κ2) is 27.6. The summed E-state index contributed by atoms with van der Waals surface area (Å²) < 4.78 is 20.9. The van der Waals surface area contributed by atoms with Gasteiger partial charge in [0.2, 0.25) is 5.91 Å². The number of aliphatic hydroxyl groups is 4. The van der Waals surface area contributed by atoms with Gasteiger partial charge in [-0.2, -0.15) is 0 Å². The third-order valence-electron chi connectivity index (χ3n) is 23.7. The quantitative estimate of drug-likeness (QED) is 0.0393. The number of carbonyl (C=O) groups is 3. The molecule has 11 rings (SSSR count). The zero-order valence-electron chi connectivity index (χ0n) is 52.0. The summed E-state index contributed by atoms with van der Waals surface area (Å²) in [4.78, 5) is 43.6. The lowest BCUT2D eigenvalue weighted by molar-refractivity contribution is -0.183. The summed E-state index contributed by atoms with van der Waals surface area (Å²) in [5.41, 5.74) is -0.276. The zero-order valence-corrected chi connectivity index (χ0v) is 53.7. The summed E-state index contributed by atoms with van der Waals surface area (Å²) >= 11 is 0. The van der Waals surface area contributed by atoms with E-state index in [9.17, 15) is 40.2 Å². The first-order valence-electron chi connectivity index (χ1n) is 33.7. The molecule has 480 valence electrons. The van der Waals surface area contributed by atoms with Gasteiger partial charge in [-0.1, -0.05) is 84.7 Å². The lowest BCUT2D eigenvalue weighted by atomic mass is 9.51. The first-order valence-corrected chi connectivity index (χ1v) is 36.1. The van der Waals surface area contributed by atoms with E-state index in [0.29, 0.717) is 108 Å². The lowest BCUT2D eigenvalue weighted by Crippen LogP contribution is -2.65. The van der Waals surface area contributed by atoms with Crippen molar-refractivity contribution < 1.29 is 59.2 Å². The molecule has 0 bridgehead atoms. The van der Waals surface area contributed by atoms with Crippen LogP contribution in [-0.4, -0.2) is 135 Å². The number of carbonyl (C=O) groups excluding carboxylic acids is 3. The predicted molar refractivity (Wildman–Crippen MR) is 339 cm³/mol. The molecule has 1 spiro atoms. The highest BCUT2D eigenvalue weighted by Crippen LogP contribution is 2.65. The average molecular weight is 1240 g/mol. The minimum atomic E-state index is -1.21. The van der Waals surface area contributed by atoms with Crippen molar-refractivity contribution in [2.24, 2.45) is 51.8 Å². The zero-order chi connectivity index (χ0) is 61.1. The van der Waals surface area contributed by atoms with Crippen molar-refractivity contribution in [2.45, 2.75) is 228 Å². The molecule has 16 unspecified atom stereocenters. The molecule has 15 nitrogen and oxygen atoms in total. The van der Waals surface area contributed by atoms with Crippen molar-refractivity contribution in [1.29, 1.82) is 0 Å². The highest BCUT2D eigenvalue weighted by atomic mass is 33.1. The van der Waals surface area contributed by atoms with Gasteiger partial charge < -0.3 is 60.8 Å². The Morgan fingerprint density at radius 2 is 1.64 bits per heavy atom. The number of hydrogen-bond acceptors (Lipinski definition) is 16. The van der Waals surface area contributed by atoms with Crippen LogP contribution in [-0.2, 0) is 23.9 Å².